The van der Waals surface area contributed by atoms with E-state index < -0.39 is 11.0 Å². The Bertz CT molecular complexity index is 517. The quantitative estimate of drug-likeness (QED) is 0.681. The Labute approximate surface area is 118 Å². The van der Waals surface area contributed by atoms with Gasteiger partial charge in [0.25, 0.3) is 0 Å². The van der Waals surface area contributed by atoms with E-state index in [1.165, 1.54) is 0 Å². The van der Waals surface area contributed by atoms with E-state index in [2.05, 4.69) is 0 Å². The van der Waals surface area contributed by atoms with Crippen molar-refractivity contribution in [2.75, 3.05) is 13.2 Å². The predicted octanol–water partition coefficient (Wildman–Crippen LogP) is 2.31. The van der Waals surface area contributed by atoms with Gasteiger partial charge in [0.05, 0.1) is 18.6 Å². The number of hydrogen-bond donors (Lipinski definition) is 0. The second-order valence-corrected chi connectivity index (χ2v) is 6.61. The summed E-state index contributed by atoms with van der Waals surface area (Å²) in [6, 6.07) is 0. The molecule has 0 N–H and O–H groups in total. The van der Waals surface area contributed by atoms with Crippen LogP contribution in [0.1, 0.15) is 51.4 Å². The number of carbonyl (C=O) groups is 2. The first kappa shape index (κ1) is 12.6. The molecule has 2 atom stereocenters. The van der Waals surface area contributed by atoms with Crippen molar-refractivity contribution >= 4 is 11.6 Å². The molecule has 2 aliphatic heterocycles. The average molecular weight is 276 g/mol. The Balaban J connectivity index is 1.84. The number of carbonyl (C=O) groups excluding carboxylic acids is 2. The predicted molar refractivity (Wildman–Crippen MR) is 71.0 cm³/mol. The highest BCUT2D eigenvalue weighted by atomic mass is 16.5. The number of Topliss-reactive ketones (excluding diaryl/α,β-unsaturated/α-hetero) is 2. The van der Waals surface area contributed by atoms with Crippen LogP contribution in [0.5, 0.6) is 0 Å². The molecule has 2 fully saturated rings. The topological polar surface area (TPSA) is 52.6 Å². The second kappa shape index (κ2) is 4.17. The fourth-order valence-electron chi connectivity index (χ4n) is 4.55. The van der Waals surface area contributed by atoms with Gasteiger partial charge < -0.3 is 9.47 Å². The lowest BCUT2D eigenvalue weighted by atomic mass is 9.56. The maximum atomic E-state index is 12.7. The fraction of sp³-hybridized carbons (Fsp3) is 0.750. The molecule has 4 nitrogen and oxygen atoms in total. The molecule has 0 aromatic heterocycles. The molecule has 1 saturated carbocycles. The molecular weight excluding hydrogens is 256 g/mol. The summed E-state index contributed by atoms with van der Waals surface area (Å²) in [5.74, 6) is 1.31. The van der Waals surface area contributed by atoms with Gasteiger partial charge in [0.1, 0.15) is 17.1 Å². The first-order valence-corrected chi connectivity index (χ1v) is 7.72. The van der Waals surface area contributed by atoms with Gasteiger partial charge in [0.15, 0.2) is 5.78 Å². The van der Waals surface area contributed by atoms with Crippen molar-refractivity contribution < 1.29 is 19.1 Å². The average Bonchev–Trinajstić information content (AvgIpc) is 2.45. The third-order valence-corrected chi connectivity index (χ3v) is 5.67. The summed E-state index contributed by atoms with van der Waals surface area (Å²) < 4.78 is 12.0. The van der Waals surface area contributed by atoms with E-state index >= 15 is 0 Å². The van der Waals surface area contributed by atoms with Crippen molar-refractivity contribution in [3.63, 3.8) is 0 Å². The van der Waals surface area contributed by atoms with Crippen molar-refractivity contribution in [1.82, 2.24) is 0 Å². The minimum atomic E-state index is -0.588. The van der Waals surface area contributed by atoms with Crippen LogP contribution in [0, 0.1) is 5.41 Å². The van der Waals surface area contributed by atoms with Crippen LogP contribution in [0.15, 0.2) is 11.3 Å². The molecule has 0 bridgehead atoms. The fourth-order valence-corrected chi connectivity index (χ4v) is 4.55. The normalized spacial score (nSPS) is 40.6. The first-order valence-electron chi connectivity index (χ1n) is 7.72. The highest BCUT2D eigenvalue weighted by molar-refractivity contribution is 5.99. The summed E-state index contributed by atoms with van der Waals surface area (Å²) in [4.78, 5) is 24.9. The van der Waals surface area contributed by atoms with Gasteiger partial charge in [-0.05, 0) is 25.7 Å². The zero-order valence-corrected chi connectivity index (χ0v) is 11.7. The van der Waals surface area contributed by atoms with Crippen molar-refractivity contribution in [3.8, 4) is 0 Å². The minimum Gasteiger partial charge on any atom is -0.490 e. The smallest absolute Gasteiger partial charge is 0.162 e. The Morgan fingerprint density at radius 3 is 2.80 bits per heavy atom. The van der Waals surface area contributed by atoms with E-state index in [1.54, 1.807) is 0 Å². The second-order valence-electron chi connectivity index (χ2n) is 6.61. The molecule has 0 aromatic carbocycles. The van der Waals surface area contributed by atoms with Crippen molar-refractivity contribution in [2.24, 2.45) is 5.41 Å². The van der Waals surface area contributed by atoms with Gasteiger partial charge in [-0.3, -0.25) is 9.59 Å². The molecule has 2 heterocycles. The van der Waals surface area contributed by atoms with Gasteiger partial charge in [-0.15, -0.1) is 0 Å². The summed E-state index contributed by atoms with van der Waals surface area (Å²) in [6.45, 7) is 1.08. The highest BCUT2D eigenvalue weighted by Gasteiger charge is 2.64. The van der Waals surface area contributed by atoms with Gasteiger partial charge in [0, 0.05) is 31.3 Å². The van der Waals surface area contributed by atoms with Crippen molar-refractivity contribution in [2.45, 2.75) is 57.0 Å². The summed E-state index contributed by atoms with van der Waals surface area (Å²) >= 11 is 0. The zero-order valence-electron chi connectivity index (χ0n) is 11.7. The number of ketones is 2. The van der Waals surface area contributed by atoms with Crippen LogP contribution in [0.2, 0.25) is 0 Å². The van der Waals surface area contributed by atoms with Crippen LogP contribution in [-0.2, 0) is 19.1 Å². The molecule has 4 heteroatoms. The monoisotopic (exact) mass is 276 g/mol. The highest BCUT2D eigenvalue weighted by Crippen LogP contribution is 2.57. The van der Waals surface area contributed by atoms with Crippen molar-refractivity contribution in [3.05, 3.63) is 11.3 Å². The zero-order chi connectivity index (χ0) is 13.8. The van der Waals surface area contributed by atoms with Crippen LogP contribution in [-0.4, -0.2) is 30.4 Å². The molecule has 0 radical (unpaired) electrons. The molecule has 20 heavy (non-hydrogen) atoms. The van der Waals surface area contributed by atoms with E-state index in [-0.39, 0.29) is 11.6 Å². The Morgan fingerprint density at radius 2 is 1.90 bits per heavy atom. The van der Waals surface area contributed by atoms with E-state index in [4.69, 9.17) is 9.47 Å². The van der Waals surface area contributed by atoms with E-state index in [1.807, 2.05) is 0 Å². The van der Waals surface area contributed by atoms with Crippen LogP contribution in [0.3, 0.4) is 0 Å². The lowest BCUT2D eigenvalue weighted by molar-refractivity contribution is -0.210. The molecule has 0 spiro atoms. The largest absolute Gasteiger partial charge is 0.490 e. The van der Waals surface area contributed by atoms with Gasteiger partial charge in [-0.1, -0.05) is 0 Å². The van der Waals surface area contributed by atoms with E-state index in [9.17, 15) is 9.59 Å². The lowest BCUT2D eigenvalue weighted by Crippen LogP contribution is -2.64. The summed E-state index contributed by atoms with van der Waals surface area (Å²) in [5.41, 5.74) is -0.195. The van der Waals surface area contributed by atoms with Crippen LogP contribution in [0.4, 0.5) is 0 Å². The number of ether oxygens (including phenoxy) is 2. The molecule has 108 valence electrons. The minimum absolute atomic E-state index is 0.179. The van der Waals surface area contributed by atoms with Crippen molar-refractivity contribution in [1.29, 1.82) is 0 Å². The van der Waals surface area contributed by atoms with Gasteiger partial charge in [0.2, 0.25) is 0 Å². The molecule has 4 rings (SSSR count). The van der Waals surface area contributed by atoms with Crippen LogP contribution < -0.4 is 0 Å². The third kappa shape index (κ3) is 1.46. The van der Waals surface area contributed by atoms with E-state index in [0.717, 1.165) is 43.4 Å². The molecule has 1 saturated heterocycles. The molecule has 4 aliphatic rings. The van der Waals surface area contributed by atoms with Gasteiger partial charge in [-0.25, -0.2) is 0 Å². The maximum absolute atomic E-state index is 12.7. The standard InChI is InChI=1S/C16H20O4/c17-12-3-1-4-13-11(12)9-15-10-19-8-7-16(15,20-13)6-2-5-14(15)18/h1-10H2/t15-,16+/m1/s1. The Kier molecular flexibility index (Phi) is 2.62. The summed E-state index contributed by atoms with van der Waals surface area (Å²) in [6.07, 6.45) is 6.10. The molecular formula is C16H20O4. The maximum Gasteiger partial charge on any atom is 0.162 e. The van der Waals surface area contributed by atoms with Gasteiger partial charge in [-0.2, -0.15) is 0 Å². The Morgan fingerprint density at radius 1 is 1.00 bits per heavy atom. The number of rotatable bonds is 0. The van der Waals surface area contributed by atoms with Crippen LogP contribution >= 0.6 is 0 Å². The van der Waals surface area contributed by atoms with E-state index in [0.29, 0.717) is 32.5 Å². The molecule has 0 amide bonds. The number of hydrogen-bond acceptors (Lipinski definition) is 4. The SMILES string of the molecule is O=C1CCCC2=C1C[C@]13COCC[C@]1(CCCC3=O)O2. The summed E-state index contributed by atoms with van der Waals surface area (Å²) in [7, 11) is 0. The molecule has 0 aromatic rings. The molecule has 0 unspecified atom stereocenters. The third-order valence-electron chi connectivity index (χ3n) is 5.67. The van der Waals surface area contributed by atoms with Gasteiger partial charge >= 0.3 is 0 Å². The Hall–Kier alpha value is -1.16. The number of allylic oxidation sites excluding steroid dienone is 2. The molecule has 2 aliphatic carbocycles. The summed E-state index contributed by atoms with van der Waals surface area (Å²) in [5, 5.41) is 0. The first-order chi connectivity index (χ1) is 9.67. The van der Waals surface area contributed by atoms with Crippen LogP contribution in [0.25, 0.3) is 0 Å². The lowest BCUT2D eigenvalue weighted by Gasteiger charge is -2.57.